The molecule has 0 radical (unpaired) electrons. The van der Waals surface area contributed by atoms with E-state index in [0.717, 1.165) is 11.1 Å². The van der Waals surface area contributed by atoms with E-state index in [4.69, 9.17) is 5.26 Å². The van der Waals surface area contributed by atoms with Gasteiger partial charge in [0, 0.05) is 24.6 Å². The van der Waals surface area contributed by atoms with Crippen molar-refractivity contribution in [3.05, 3.63) is 35.4 Å². The Hall–Kier alpha value is -1.66. The fourth-order valence-electron chi connectivity index (χ4n) is 1.87. The first-order valence-electron chi connectivity index (χ1n) is 6.26. The van der Waals surface area contributed by atoms with Crippen molar-refractivity contribution in [1.29, 1.82) is 5.26 Å². The topological polar surface area (TPSA) is 44.1 Å². The predicted molar refractivity (Wildman–Crippen MR) is 72.4 cm³/mol. The van der Waals surface area contributed by atoms with Gasteiger partial charge in [0.2, 0.25) is 0 Å². The maximum Gasteiger partial charge on any atom is 0.177 e. The Bertz CT molecular complexity index is 446. The lowest BCUT2D eigenvalue weighted by molar-refractivity contribution is 0.0907. The predicted octanol–water partition coefficient (Wildman–Crippen LogP) is 2.80. The van der Waals surface area contributed by atoms with E-state index in [1.54, 1.807) is 0 Å². The number of hydrogen-bond donors (Lipinski definition) is 0. The summed E-state index contributed by atoms with van der Waals surface area (Å²) < 4.78 is 0. The fourth-order valence-corrected chi connectivity index (χ4v) is 1.87. The molecule has 0 fully saturated rings. The van der Waals surface area contributed by atoms with Gasteiger partial charge in [-0.2, -0.15) is 5.26 Å². The van der Waals surface area contributed by atoms with E-state index in [0.29, 0.717) is 19.5 Å². The van der Waals surface area contributed by atoms with Crippen LogP contribution in [0.25, 0.3) is 0 Å². The van der Waals surface area contributed by atoms with Gasteiger partial charge >= 0.3 is 0 Å². The highest BCUT2D eigenvalue weighted by Crippen LogP contribution is 2.10. The monoisotopic (exact) mass is 244 g/mol. The minimum atomic E-state index is 0.125. The van der Waals surface area contributed by atoms with Crippen LogP contribution in [0.1, 0.15) is 36.2 Å². The van der Waals surface area contributed by atoms with Crippen molar-refractivity contribution in [3.63, 3.8) is 0 Å². The van der Waals surface area contributed by atoms with Crippen LogP contribution in [0, 0.1) is 18.3 Å². The minimum Gasteiger partial charge on any atom is -0.293 e. The van der Waals surface area contributed by atoms with Crippen LogP contribution >= 0.6 is 0 Å². The summed E-state index contributed by atoms with van der Waals surface area (Å²) in [7, 11) is 0. The number of nitriles is 1. The van der Waals surface area contributed by atoms with Gasteiger partial charge in [0.05, 0.1) is 12.6 Å². The number of carbonyl (C=O) groups is 1. The molecule has 1 aromatic carbocycles. The van der Waals surface area contributed by atoms with E-state index in [1.165, 1.54) is 0 Å². The molecule has 0 N–H and O–H groups in total. The van der Waals surface area contributed by atoms with Crippen LogP contribution in [0.4, 0.5) is 0 Å². The highest BCUT2D eigenvalue weighted by molar-refractivity contribution is 5.98. The van der Waals surface area contributed by atoms with Gasteiger partial charge in [0.25, 0.3) is 0 Å². The molecule has 18 heavy (non-hydrogen) atoms. The van der Waals surface area contributed by atoms with Gasteiger partial charge in [0.1, 0.15) is 0 Å². The van der Waals surface area contributed by atoms with Gasteiger partial charge in [-0.1, -0.05) is 24.3 Å². The zero-order valence-electron chi connectivity index (χ0n) is 11.3. The summed E-state index contributed by atoms with van der Waals surface area (Å²) in [5, 5.41) is 8.63. The third-order valence-electron chi connectivity index (χ3n) is 3.03. The molecule has 0 heterocycles. The highest BCUT2D eigenvalue weighted by Gasteiger charge is 2.16. The molecule has 3 heteroatoms. The van der Waals surface area contributed by atoms with Crippen molar-refractivity contribution in [1.82, 2.24) is 4.90 Å². The highest BCUT2D eigenvalue weighted by atomic mass is 16.1. The molecular formula is C15H20N2O. The summed E-state index contributed by atoms with van der Waals surface area (Å²) in [4.78, 5) is 14.3. The van der Waals surface area contributed by atoms with E-state index >= 15 is 0 Å². The average Bonchev–Trinajstić information content (AvgIpc) is 2.34. The number of aryl methyl sites for hydroxylation is 1. The van der Waals surface area contributed by atoms with E-state index in [1.807, 2.05) is 49.9 Å². The fraction of sp³-hybridized carbons (Fsp3) is 0.467. The molecule has 0 aromatic heterocycles. The Balaban J connectivity index is 2.73. The molecular weight excluding hydrogens is 224 g/mol. The summed E-state index contributed by atoms with van der Waals surface area (Å²) in [6.45, 7) is 7.06. The number of ketones is 1. The van der Waals surface area contributed by atoms with Crippen molar-refractivity contribution in [3.8, 4) is 6.07 Å². The maximum absolute atomic E-state index is 12.2. The van der Waals surface area contributed by atoms with E-state index in [2.05, 4.69) is 6.07 Å². The molecule has 0 aliphatic heterocycles. The van der Waals surface area contributed by atoms with Crippen LogP contribution in [0.5, 0.6) is 0 Å². The van der Waals surface area contributed by atoms with E-state index in [-0.39, 0.29) is 11.8 Å². The lowest BCUT2D eigenvalue weighted by atomic mass is 10.0. The Morgan fingerprint density at radius 1 is 1.39 bits per heavy atom. The van der Waals surface area contributed by atoms with Crippen LogP contribution in [-0.2, 0) is 0 Å². The molecule has 0 unspecified atom stereocenters. The van der Waals surface area contributed by atoms with Crippen LogP contribution in [0.2, 0.25) is 0 Å². The van der Waals surface area contributed by atoms with Crippen molar-refractivity contribution >= 4 is 5.78 Å². The molecule has 96 valence electrons. The second kappa shape index (κ2) is 6.93. The average molecular weight is 244 g/mol. The number of nitrogens with zero attached hydrogens (tertiary/aromatic N) is 2. The smallest absolute Gasteiger partial charge is 0.177 e. The molecule has 0 amide bonds. The van der Waals surface area contributed by atoms with Gasteiger partial charge < -0.3 is 0 Å². The summed E-state index contributed by atoms with van der Waals surface area (Å²) in [5.74, 6) is 0.125. The Labute approximate surface area is 109 Å². The Morgan fingerprint density at radius 2 is 2.06 bits per heavy atom. The molecule has 0 aliphatic rings. The van der Waals surface area contributed by atoms with Crippen LogP contribution < -0.4 is 0 Å². The Morgan fingerprint density at radius 3 is 2.61 bits per heavy atom. The van der Waals surface area contributed by atoms with Crippen LogP contribution in [0.15, 0.2) is 24.3 Å². The second-order valence-corrected chi connectivity index (χ2v) is 4.71. The normalized spacial score (nSPS) is 10.7. The summed E-state index contributed by atoms with van der Waals surface area (Å²) in [5.41, 5.74) is 1.78. The molecule has 0 bridgehead atoms. The third-order valence-corrected chi connectivity index (χ3v) is 3.03. The Kier molecular flexibility index (Phi) is 5.54. The third kappa shape index (κ3) is 3.97. The maximum atomic E-state index is 12.2. The second-order valence-electron chi connectivity index (χ2n) is 4.71. The molecule has 0 saturated heterocycles. The van der Waals surface area contributed by atoms with E-state index < -0.39 is 0 Å². The van der Waals surface area contributed by atoms with Gasteiger partial charge in [-0.25, -0.2) is 0 Å². The first-order valence-corrected chi connectivity index (χ1v) is 6.26. The first kappa shape index (κ1) is 14.4. The number of Topliss-reactive ketones (excluding diaryl/α,β-unsaturated/α-hetero) is 1. The summed E-state index contributed by atoms with van der Waals surface area (Å²) in [6, 6.07) is 10.0. The quantitative estimate of drug-likeness (QED) is 0.723. The lowest BCUT2D eigenvalue weighted by Crippen LogP contribution is -2.36. The summed E-state index contributed by atoms with van der Waals surface area (Å²) in [6.07, 6.45) is 0.458. The lowest BCUT2D eigenvalue weighted by Gasteiger charge is -2.24. The van der Waals surface area contributed by atoms with E-state index in [9.17, 15) is 4.79 Å². The molecule has 1 aromatic rings. The number of carbonyl (C=O) groups excluding carboxylic acids is 1. The zero-order chi connectivity index (χ0) is 13.5. The van der Waals surface area contributed by atoms with Crippen LogP contribution in [0.3, 0.4) is 0 Å². The number of benzene rings is 1. The standard InChI is InChI=1S/C15H20N2O/c1-12(2)17(10-6-9-16)11-15(18)14-8-5-4-7-13(14)3/h4-5,7-8,12H,6,10-11H2,1-3H3. The molecule has 0 aliphatic carbocycles. The molecule has 0 saturated carbocycles. The number of hydrogen-bond acceptors (Lipinski definition) is 3. The largest absolute Gasteiger partial charge is 0.293 e. The van der Waals surface area contributed by atoms with Crippen molar-refractivity contribution in [2.45, 2.75) is 33.2 Å². The van der Waals surface area contributed by atoms with Gasteiger partial charge in [-0.15, -0.1) is 0 Å². The SMILES string of the molecule is Cc1ccccc1C(=O)CN(CCC#N)C(C)C. The zero-order valence-corrected chi connectivity index (χ0v) is 11.3. The first-order chi connectivity index (χ1) is 8.56. The molecule has 1 rings (SSSR count). The van der Waals surface area contributed by atoms with Gasteiger partial charge in [0.15, 0.2) is 5.78 Å². The van der Waals surface area contributed by atoms with Crippen molar-refractivity contribution in [2.75, 3.05) is 13.1 Å². The van der Waals surface area contributed by atoms with Crippen LogP contribution in [-0.4, -0.2) is 29.8 Å². The van der Waals surface area contributed by atoms with Gasteiger partial charge in [-0.3, -0.25) is 9.69 Å². The molecule has 3 nitrogen and oxygen atoms in total. The van der Waals surface area contributed by atoms with Gasteiger partial charge in [-0.05, 0) is 26.3 Å². The molecule has 0 atom stereocenters. The minimum absolute atomic E-state index is 0.125. The molecule has 0 spiro atoms. The number of rotatable bonds is 6. The summed E-state index contributed by atoms with van der Waals surface area (Å²) >= 11 is 0. The van der Waals surface area contributed by atoms with Crippen molar-refractivity contribution in [2.24, 2.45) is 0 Å². The van der Waals surface area contributed by atoms with Crippen molar-refractivity contribution < 1.29 is 4.79 Å².